The molecular formula is C23H24Cl2N6O2. The monoisotopic (exact) mass is 486 g/mol. The number of rotatable bonds is 3. The highest BCUT2D eigenvalue weighted by Gasteiger charge is 2.56. The first-order chi connectivity index (χ1) is 15.6. The van der Waals surface area contributed by atoms with E-state index >= 15 is 0 Å². The number of nitrogens with one attached hydrogen (secondary N) is 1. The molecule has 2 aliphatic rings. The molecule has 172 valence electrons. The Morgan fingerprint density at radius 3 is 2.48 bits per heavy atom. The number of likely N-dealkylation sites (tertiary alicyclic amines) is 1. The smallest absolute Gasteiger partial charge is 0.410 e. The van der Waals surface area contributed by atoms with Crippen LogP contribution in [0.2, 0.25) is 10.0 Å². The number of benzene rings is 1. The standard InChI is InChI=1S/C23H24Cl2N6O2/c1-22(2,3)33-21(32)31-7-6-23(31)11-30(12-23)18-5-4-17-19(29-18)20(27-13-26-17)28-16-9-14(24)8-15(25)10-16/h4-5,8-10,13H,6-7,11-12H2,1-3H3,(H,26,27,28). The number of fused-ring (bicyclic) bond motifs is 1. The molecule has 1 aromatic carbocycles. The second-order valence-electron chi connectivity index (χ2n) is 9.50. The molecule has 0 atom stereocenters. The molecule has 1 spiro atoms. The number of pyridine rings is 1. The summed E-state index contributed by atoms with van der Waals surface area (Å²) in [5.41, 5.74) is 1.40. The Kier molecular flexibility index (Phi) is 5.25. The zero-order chi connectivity index (χ0) is 23.4. The van der Waals surface area contributed by atoms with Crippen LogP contribution in [0.15, 0.2) is 36.7 Å². The number of carbonyl (C=O) groups is 1. The van der Waals surface area contributed by atoms with Crippen LogP contribution in [0.3, 0.4) is 0 Å². The SMILES string of the molecule is CC(C)(C)OC(=O)N1CCC12CN(c1ccc3ncnc(Nc4cc(Cl)cc(Cl)c4)c3n1)C2. The number of ether oxygens (including phenoxy) is 1. The Morgan fingerprint density at radius 1 is 1.12 bits per heavy atom. The van der Waals surface area contributed by atoms with Gasteiger partial charge in [0.1, 0.15) is 23.3 Å². The molecular weight excluding hydrogens is 463 g/mol. The quantitative estimate of drug-likeness (QED) is 0.539. The Hall–Kier alpha value is -2.84. The van der Waals surface area contributed by atoms with Gasteiger partial charge in [0.05, 0.1) is 11.1 Å². The zero-order valence-corrected chi connectivity index (χ0v) is 20.1. The summed E-state index contributed by atoms with van der Waals surface area (Å²) >= 11 is 12.3. The second kappa shape index (κ2) is 7.88. The zero-order valence-electron chi connectivity index (χ0n) is 18.6. The Morgan fingerprint density at radius 2 is 1.85 bits per heavy atom. The van der Waals surface area contributed by atoms with Gasteiger partial charge in [0.15, 0.2) is 5.82 Å². The first-order valence-electron chi connectivity index (χ1n) is 10.7. The van der Waals surface area contributed by atoms with Crippen LogP contribution in [-0.4, -0.2) is 56.7 Å². The normalized spacial score (nSPS) is 17.0. The number of carbonyl (C=O) groups excluding carboxylic acids is 1. The van der Waals surface area contributed by atoms with Crippen molar-refractivity contribution in [1.82, 2.24) is 19.9 Å². The molecule has 0 radical (unpaired) electrons. The third-order valence-corrected chi connectivity index (χ3v) is 6.31. The maximum atomic E-state index is 12.6. The van der Waals surface area contributed by atoms with Crippen molar-refractivity contribution in [2.24, 2.45) is 0 Å². The fourth-order valence-corrected chi connectivity index (χ4v) is 4.78. The molecule has 0 bridgehead atoms. The van der Waals surface area contributed by atoms with Crippen LogP contribution in [-0.2, 0) is 4.74 Å². The molecule has 2 aromatic heterocycles. The van der Waals surface area contributed by atoms with Gasteiger partial charge in [-0.25, -0.2) is 19.7 Å². The van der Waals surface area contributed by atoms with Gasteiger partial charge in [-0.15, -0.1) is 0 Å². The van der Waals surface area contributed by atoms with E-state index in [0.29, 0.717) is 40.2 Å². The van der Waals surface area contributed by atoms with E-state index in [0.717, 1.165) is 24.3 Å². The third kappa shape index (κ3) is 4.25. The summed E-state index contributed by atoms with van der Waals surface area (Å²) in [7, 11) is 0. The van der Waals surface area contributed by atoms with Crippen LogP contribution in [0, 0.1) is 0 Å². The number of aromatic nitrogens is 3. The highest BCUT2D eigenvalue weighted by atomic mass is 35.5. The van der Waals surface area contributed by atoms with E-state index in [1.807, 2.05) is 37.8 Å². The summed E-state index contributed by atoms with van der Waals surface area (Å²) < 4.78 is 5.57. The van der Waals surface area contributed by atoms with E-state index in [4.69, 9.17) is 32.9 Å². The molecule has 33 heavy (non-hydrogen) atoms. The summed E-state index contributed by atoms with van der Waals surface area (Å²) in [6, 6.07) is 9.08. The summed E-state index contributed by atoms with van der Waals surface area (Å²) in [4.78, 5) is 30.1. The van der Waals surface area contributed by atoms with Crippen molar-refractivity contribution >= 4 is 57.7 Å². The van der Waals surface area contributed by atoms with Gasteiger partial charge in [-0.05, 0) is 57.5 Å². The lowest BCUT2D eigenvalue weighted by Gasteiger charge is -2.62. The minimum atomic E-state index is -0.506. The number of halogens is 2. The van der Waals surface area contributed by atoms with E-state index in [-0.39, 0.29) is 11.6 Å². The van der Waals surface area contributed by atoms with E-state index < -0.39 is 5.60 Å². The predicted octanol–water partition coefficient (Wildman–Crippen LogP) is 5.27. The summed E-state index contributed by atoms with van der Waals surface area (Å²) in [5.74, 6) is 1.38. The number of anilines is 3. The van der Waals surface area contributed by atoms with Gasteiger partial charge in [0.25, 0.3) is 0 Å². The molecule has 0 unspecified atom stereocenters. The van der Waals surface area contributed by atoms with Crippen LogP contribution in [0.5, 0.6) is 0 Å². The molecule has 2 saturated heterocycles. The molecule has 1 amide bonds. The van der Waals surface area contributed by atoms with Gasteiger partial charge in [0, 0.05) is 35.4 Å². The van der Waals surface area contributed by atoms with Crippen molar-refractivity contribution in [3.8, 4) is 0 Å². The van der Waals surface area contributed by atoms with Crippen LogP contribution < -0.4 is 10.2 Å². The first-order valence-corrected chi connectivity index (χ1v) is 11.5. The fraction of sp³-hybridized carbons (Fsp3) is 0.391. The van der Waals surface area contributed by atoms with Gasteiger partial charge >= 0.3 is 6.09 Å². The van der Waals surface area contributed by atoms with Crippen LogP contribution >= 0.6 is 23.2 Å². The first kappa shape index (κ1) is 22.0. The van der Waals surface area contributed by atoms with Crippen molar-refractivity contribution in [2.45, 2.75) is 38.3 Å². The second-order valence-corrected chi connectivity index (χ2v) is 10.4. The summed E-state index contributed by atoms with van der Waals surface area (Å²) in [5, 5.41) is 4.29. The summed E-state index contributed by atoms with van der Waals surface area (Å²) in [6.07, 6.45) is 2.20. The molecule has 2 fully saturated rings. The molecule has 8 nitrogen and oxygen atoms in total. The van der Waals surface area contributed by atoms with Crippen molar-refractivity contribution in [1.29, 1.82) is 0 Å². The molecule has 2 aliphatic heterocycles. The van der Waals surface area contributed by atoms with E-state index in [2.05, 4.69) is 20.2 Å². The molecule has 5 rings (SSSR count). The maximum Gasteiger partial charge on any atom is 0.410 e. The molecule has 3 aromatic rings. The van der Waals surface area contributed by atoms with Crippen LogP contribution in [0.25, 0.3) is 11.0 Å². The van der Waals surface area contributed by atoms with Crippen molar-refractivity contribution in [3.05, 3.63) is 46.7 Å². The van der Waals surface area contributed by atoms with Gasteiger partial charge in [-0.3, -0.25) is 4.90 Å². The Balaban J connectivity index is 1.35. The van der Waals surface area contributed by atoms with Crippen LogP contribution in [0.4, 0.5) is 22.1 Å². The molecule has 1 N–H and O–H groups in total. The largest absolute Gasteiger partial charge is 0.444 e. The Labute approximate surface area is 201 Å². The van der Waals surface area contributed by atoms with E-state index in [1.54, 1.807) is 18.2 Å². The minimum Gasteiger partial charge on any atom is -0.444 e. The number of hydrogen-bond acceptors (Lipinski definition) is 7. The molecule has 0 saturated carbocycles. The lowest BCUT2D eigenvalue weighted by molar-refractivity contribution is -0.0562. The maximum absolute atomic E-state index is 12.6. The van der Waals surface area contributed by atoms with Gasteiger partial charge < -0.3 is 15.0 Å². The molecule has 0 aliphatic carbocycles. The fourth-order valence-electron chi connectivity index (χ4n) is 4.26. The highest BCUT2D eigenvalue weighted by molar-refractivity contribution is 6.35. The van der Waals surface area contributed by atoms with Crippen molar-refractivity contribution in [2.75, 3.05) is 29.9 Å². The molecule has 4 heterocycles. The number of amides is 1. The lowest BCUT2D eigenvalue weighted by atomic mass is 9.78. The van der Waals surface area contributed by atoms with Crippen molar-refractivity contribution in [3.63, 3.8) is 0 Å². The highest BCUT2D eigenvalue weighted by Crippen LogP contribution is 2.42. The topological polar surface area (TPSA) is 83.5 Å². The average molecular weight is 487 g/mol. The van der Waals surface area contributed by atoms with Gasteiger partial charge in [-0.1, -0.05) is 23.2 Å². The average Bonchev–Trinajstić information content (AvgIpc) is 2.64. The van der Waals surface area contributed by atoms with E-state index in [9.17, 15) is 4.79 Å². The molecule has 10 heteroatoms. The van der Waals surface area contributed by atoms with E-state index in [1.165, 1.54) is 6.33 Å². The van der Waals surface area contributed by atoms with Crippen LogP contribution in [0.1, 0.15) is 27.2 Å². The minimum absolute atomic E-state index is 0.176. The van der Waals surface area contributed by atoms with Gasteiger partial charge in [-0.2, -0.15) is 0 Å². The third-order valence-electron chi connectivity index (χ3n) is 5.87. The lowest BCUT2D eigenvalue weighted by Crippen LogP contribution is -2.78. The Bertz CT molecular complexity index is 1220. The number of hydrogen-bond donors (Lipinski definition) is 1. The number of nitrogens with zero attached hydrogens (tertiary/aromatic N) is 5. The van der Waals surface area contributed by atoms with Crippen molar-refractivity contribution < 1.29 is 9.53 Å². The predicted molar refractivity (Wildman–Crippen MR) is 130 cm³/mol. The summed E-state index contributed by atoms with van der Waals surface area (Å²) in [6.45, 7) is 7.80. The van der Waals surface area contributed by atoms with Gasteiger partial charge in [0.2, 0.25) is 0 Å².